The fourth-order valence-electron chi connectivity index (χ4n) is 3.66. The Kier molecular flexibility index (Phi) is 4.15. The second kappa shape index (κ2) is 6.98. The third kappa shape index (κ3) is 2.85. The summed E-state index contributed by atoms with van der Waals surface area (Å²) in [6, 6.07) is 24.9. The molecule has 0 aliphatic rings. The summed E-state index contributed by atoms with van der Waals surface area (Å²) in [5.74, 6) is 1.11. The van der Waals surface area contributed by atoms with Crippen molar-refractivity contribution in [1.29, 1.82) is 5.26 Å². The van der Waals surface area contributed by atoms with Crippen molar-refractivity contribution in [3.05, 3.63) is 99.8 Å². The van der Waals surface area contributed by atoms with E-state index >= 15 is 0 Å². The molecule has 0 radical (unpaired) electrons. The van der Waals surface area contributed by atoms with Crippen molar-refractivity contribution in [3.8, 4) is 17.5 Å². The normalized spacial score (nSPS) is 11.1. The summed E-state index contributed by atoms with van der Waals surface area (Å²) >= 11 is 0. The van der Waals surface area contributed by atoms with Crippen molar-refractivity contribution in [2.45, 2.75) is 13.5 Å². The van der Waals surface area contributed by atoms with Crippen LogP contribution >= 0.6 is 0 Å². The standard InChI is InChI=1S/C24H17N5O/c1-16-6-8-18(9-7-16)15-28-23(30)20-4-2-3-5-21(20)29-22(26-27-24(28)29)19-12-10-17(14-25)11-13-19/h2-13H,15H2,1H3. The first-order chi connectivity index (χ1) is 14.7. The number of nitriles is 1. The Bertz CT molecular complexity index is 1490. The molecule has 0 bridgehead atoms. The maximum atomic E-state index is 13.3. The van der Waals surface area contributed by atoms with Crippen LogP contribution in [0.25, 0.3) is 28.1 Å². The Balaban J connectivity index is 1.79. The lowest BCUT2D eigenvalue weighted by Gasteiger charge is -2.12. The molecule has 0 amide bonds. The zero-order valence-electron chi connectivity index (χ0n) is 16.3. The molecule has 0 saturated heterocycles. The van der Waals surface area contributed by atoms with Gasteiger partial charge >= 0.3 is 0 Å². The zero-order valence-corrected chi connectivity index (χ0v) is 16.3. The van der Waals surface area contributed by atoms with E-state index in [1.807, 2.05) is 72.0 Å². The van der Waals surface area contributed by atoms with Crippen LogP contribution in [-0.4, -0.2) is 19.2 Å². The first-order valence-corrected chi connectivity index (χ1v) is 9.58. The van der Waals surface area contributed by atoms with Crippen molar-refractivity contribution < 1.29 is 0 Å². The Morgan fingerprint density at radius 3 is 2.40 bits per heavy atom. The van der Waals surface area contributed by atoms with Gasteiger partial charge in [0.25, 0.3) is 5.56 Å². The number of para-hydroxylation sites is 1. The Hall–Kier alpha value is -4.24. The SMILES string of the molecule is Cc1ccc(Cn2c(=O)c3ccccc3n3c(-c4ccc(C#N)cc4)nnc23)cc1. The minimum absolute atomic E-state index is 0.0996. The van der Waals surface area contributed by atoms with Crippen LogP contribution in [0, 0.1) is 18.3 Å². The van der Waals surface area contributed by atoms with Crippen molar-refractivity contribution in [2.75, 3.05) is 0 Å². The summed E-state index contributed by atoms with van der Waals surface area (Å²) < 4.78 is 3.57. The number of aryl methyl sites for hydroxylation is 1. The van der Waals surface area contributed by atoms with Gasteiger partial charge in [-0.2, -0.15) is 5.26 Å². The van der Waals surface area contributed by atoms with Gasteiger partial charge in [0.15, 0.2) is 5.82 Å². The quantitative estimate of drug-likeness (QED) is 0.467. The summed E-state index contributed by atoms with van der Waals surface area (Å²) in [5.41, 5.74) is 4.24. The topological polar surface area (TPSA) is 76.0 Å². The van der Waals surface area contributed by atoms with Gasteiger partial charge in [-0.3, -0.25) is 13.8 Å². The third-order valence-electron chi connectivity index (χ3n) is 5.24. The highest BCUT2D eigenvalue weighted by atomic mass is 16.1. The molecule has 2 heterocycles. The molecule has 0 atom stereocenters. The largest absolute Gasteiger partial charge is 0.272 e. The van der Waals surface area contributed by atoms with Crippen molar-refractivity contribution in [3.63, 3.8) is 0 Å². The van der Waals surface area contributed by atoms with Crippen LogP contribution in [0.4, 0.5) is 0 Å². The van der Waals surface area contributed by atoms with Gasteiger partial charge in [-0.05, 0) is 48.9 Å². The first-order valence-electron chi connectivity index (χ1n) is 9.58. The van der Waals surface area contributed by atoms with E-state index in [0.29, 0.717) is 29.1 Å². The summed E-state index contributed by atoms with van der Waals surface area (Å²) in [7, 11) is 0. The number of fused-ring (bicyclic) bond motifs is 3. The van der Waals surface area contributed by atoms with Gasteiger partial charge in [0, 0.05) is 5.56 Å². The molecule has 0 spiro atoms. The molecule has 5 rings (SSSR count). The number of benzene rings is 3. The molecule has 3 aromatic carbocycles. The van der Waals surface area contributed by atoms with Gasteiger partial charge in [-0.25, -0.2) is 0 Å². The lowest BCUT2D eigenvalue weighted by Crippen LogP contribution is -2.24. The van der Waals surface area contributed by atoms with Gasteiger partial charge < -0.3 is 0 Å². The molecular weight excluding hydrogens is 374 g/mol. The maximum absolute atomic E-state index is 13.3. The van der Waals surface area contributed by atoms with Crippen LogP contribution in [0.2, 0.25) is 0 Å². The third-order valence-corrected chi connectivity index (χ3v) is 5.24. The molecule has 6 nitrogen and oxygen atoms in total. The van der Waals surface area contributed by atoms with Crippen LogP contribution in [-0.2, 0) is 6.54 Å². The van der Waals surface area contributed by atoms with E-state index in [1.54, 1.807) is 16.7 Å². The molecule has 5 aromatic rings. The molecule has 0 saturated carbocycles. The van der Waals surface area contributed by atoms with E-state index in [9.17, 15) is 4.79 Å². The number of nitrogens with zero attached hydrogens (tertiary/aromatic N) is 5. The summed E-state index contributed by atoms with van der Waals surface area (Å²) in [5, 5.41) is 18.5. The summed E-state index contributed by atoms with van der Waals surface area (Å²) in [6.45, 7) is 2.44. The molecule has 0 aliphatic carbocycles. The highest BCUT2D eigenvalue weighted by Gasteiger charge is 2.17. The molecule has 0 N–H and O–H groups in total. The van der Waals surface area contributed by atoms with Crippen LogP contribution in [0.15, 0.2) is 77.6 Å². The van der Waals surface area contributed by atoms with Gasteiger partial charge in [-0.1, -0.05) is 42.0 Å². The molecule has 144 valence electrons. The van der Waals surface area contributed by atoms with Gasteiger partial charge in [0.05, 0.1) is 29.1 Å². The summed E-state index contributed by atoms with van der Waals surface area (Å²) in [6.07, 6.45) is 0. The van der Waals surface area contributed by atoms with E-state index in [4.69, 9.17) is 5.26 Å². The van der Waals surface area contributed by atoms with E-state index in [1.165, 1.54) is 5.56 Å². The first kappa shape index (κ1) is 17.8. The number of hydrogen-bond acceptors (Lipinski definition) is 4. The van der Waals surface area contributed by atoms with Crippen LogP contribution in [0.1, 0.15) is 16.7 Å². The van der Waals surface area contributed by atoms with Crippen molar-refractivity contribution in [1.82, 2.24) is 19.2 Å². The monoisotopic (exact) mass is 391 g/mol. The number of hydrogen-bond donors (Lipinski definition) is 0. The lowest BCUT2D eigenvalue weighted by molar-refractivity contribution is 0.766. The minimum Gasteiger partial charge on any atom is -0.272 e. The van der Waals surface area contributed by atoms with Crippen molar-refractivity contribution in [2.24, 2.45) is 0 Å². The average molecular weight is 391 g/mol. The van der Waals surface area contributed by atoms with E-state index in [-0.39, 0.29) is 5.56 Å². The summed E-state index contributed by atoms with van der Waals surface area (Å²) in [4.78, 5) is 13.3. The molecule has 0 unspecified atom stereocenters. The fraction of sp³-hybridized carbons (Fsp3) is 0.0833. The van der Waals surface area contributed by atoms with E-state index in [2.05, 4.69) is 16.3 Å². The lowest BCUT2D eigenvalue weighted by atomic mass is 10.1. The highest BCUT2D eigenvalue weighted by molar-refractivity contribution is 5.82. The second-order valence-corrected chi connectivity index (χ2v) is 7.24. The average Bonchev–Trinajstić information content (AvgIpc) is 3.23. The Morgan fingerprint density at radius 1 is 0.933 bits per heavy atom. The molecular formula is C24H17N5O. The van der Waals surface area contributed by atoms with Gasteiger partial charge in [0.1, 0.15) is 0 Å². The highest BCUT2D eigenvalue weighted by Crippen LogP contribution is 2.23. The minimum atomic E-state index is -0.0996. The molecule has 0 fully saturated rings. The van der Waals surface area contributed by atoms with Crippen LogP contribution < -0.4 is 5.56 Å². The molecule has 0 aliphatic heterocycles. The smallest absolute Gasteiger partial charge is 0.263 e. The van der Waals surface area contributed by atoms with Gasteiger partial charge in [0.2, 0.25) is 5.78 Å². The maximum Gasteiger partial charge on any atom is 0.263 e. The van der Waals surface area contributed by atoms with Crippen LogP contribution in [0.5, 0.6) is 0 Å². The Morgan fingerprint density at radius 2 is 1.67 bits per heavy atom. The second-order valence-electron chi connectivity index (χ2n) is 7.24. The fourth-order valence-corrected chi connectivity index (χ4v) is 3.66. The van der Waals surface area contributed by atoms with E-state index in [0.717, 1.165) is 16.6 Å². The number of rotatable bonds is 3. The molecule has 2 aromatic heterocycles. The van der Waals surface area contributed by atoms with Gasteiger partial charge in [-0.15, -0.1) is 10.2 Å². The molecule has 30 heavy (non-hydrogen) atoms. The zero-order chi connectivity index (χ0) is 20.7. The van der Waals surface area contributed by atoms with Crippen molar-refractivity contribution >= 4 is 16.7 Å². The Labute approximate surface area is 172 Å². The predicted molar refractivity (Wildman–Crippen MR) is 115 cm³/mol. The van der Waals surface area contributed by atoms with Crippen LogP contribution in [0.3, 0.4) is 0 Å². The predicted octanol–water partition coefficient (Wildman–Crippen LogP) is 3.94. The number of aromatic nitrogens is 4. The molecule has 6 heteroatoms. The van der Waals surface area contributed by atoms with E-state index < -0.39 is 0 Å².